The average molecular weight is 381 g/mol. The number of benzene rings is 2. The van der Waals surface area contributed by atoms with Crippen LogP contribution in [-0.2, 0) is 25.9 Å². The summed E-state index contributed by atoms with van der Waals surface area (Å²) >= 11 is 0. The summed E-state index contributed by atoms with van der Waals surface area (Å²) in [4.78, 5) is 4.81. The Labute approximate surface area is 168 Å². The van der Waals surface area contributed by atoms with Crippen molar-refractivity contribution in [3.8, 4) is 5.75 Å². The second-order valence-electron chi connectivity index (χ2n) is 8.11. The minimum Gasteiger partial charge on any atom is -0.494 e. The molecule has 1 N–H and O–H groups in total. The molecule has 2 aromatic carbocycles. The van der Waals surface area contributed by atoms with Crippen LogP contribution in [0.1, 0.15) is 35.6 Å². The monoisotopic (exact) mass is 380 g/mol. The Morgan fingerprint density at radius 1 is 0.893 bits per heavy atom. The first-order valence-electron chi connectivity index (χ1n) is 10.7. The Morgan fingerprint density at radius 3 is 2.39 bits per heavy atom. The van der Waals surface area contributed by atoms with Crippen molar-refractivity contribution in [2.75, 3.05) is 32.8 Å². The van der Waals surface area contributed by atoms with Crippen LogP contribution in [0.4, 0.5) is 0 Å². The van der Waals surface area contributed by atoms with E-state index in [1.54, 1.807) is 0 Å². The minimum absolute atomic E-state index is 0.311. The quantitative estimate of drug-likeness (QED) is 0.835. The number of β-amino-alcohol motifs (C(OH)–C–C–N with tert-alkyl or cyclic N) is 1. The first-order chi connectivity index (χ1) is 13.7. The lowest BCUT2D eigenvalue weighted by molar-refractivity contribution is 0.0671. The van der Waals surface area contributed by atoms with Crippen molar-refractivity contribution >= 4 is 0 Å². The normalized spacial score (nSPS) is 18.8. The summed E-state index contributed by atoms with van der Waals surface area (Å²) < 4.78 is 5.65. The minimum atomic E-state index is -0.311. The first-order valence-corrected chi connectivity index (χ1v) is 10.7. The van der Waals surface area contributed by atoms with Crippen molar-refractivity contribution in [1.82, 2.24) is 9.80 Å². The van der Waals surface area contributed by atoms with Gasteiger partial charge in [0.15, 0.2) is 0 Å². The fraction of sp³-hybridized carbons (Fsp3) is 0.500. The molecular formula is C24H32N2O2. The first kappa shape index (κ1) is 19.4. The van der Waals surface area contributed by atoms with Gasteiger partial charge in [-0.15, -0.1) is 0 Å². The summed E-state index contributed by atoms with van der Waals surface area (Å²) in [6, 6.07) is 15.2. The molecule has 4 heteroatoms. The molecule has 4 nitrogen and oxygen atoms in total. The van der Waals surface area contributed by atoms with Crippen molar-refractivity contribution in [3.05, 3.63) is 64.7 Å². The maximum absolute atomic E-state index is 10.8. The van der Waals surface area contributed by atoms with Gasteiger partial charge < -0.3 is 9.84 Å². The highest BCUT2D eigenvalue weighted by molar-refractivity contribution is 5.36. The van der Waals surface area contributed by atoms with Crippen LogP contribution in [-0.4, -0.2) is 53.8 Å². The van der Waals surface area contributed by atoms with Gasteiger partial charge in [0, 0.05) is 32.7 Å². The molecule has 0 aliphatic carbocycles. The lowest BCUT2D eigenvalue weighted by Crippen LogP contribution is -2.42. The van der Waals surface area contributed by atoms with Gasteiger partial charge in [0.25, 0.3) is 0 Å². The van der Waals surface area contributed by atoms with Gasteiger partial charge in [-0.3, -0.25) is 9.80 Å². The fourth-order valence-corrected chi connectivity index (χ4v) is 4.58. The highest BCUT2D eigenvalue weighted by atomic mass is 16.5. The molecule has 28 heavy (non-hydrogen) atoms. The molecular weight excluding hydrogens is 348 g/mol. The summed E-state index contributed by atoms with van der Waals surface area (Å²) in [5.41, 5.74) is 5.65. The van der Waals surface area contributed by atoms with E-state index in [9.17, 15) is 5.11 Å². The van der Waals surface area contributed by atoms with E-state index in [2.05, 4.69) is 52.3 Å². The molecule has 2 aliphatic heterocycles. The van der Waals surface area contributed by atoms with E-state index in [4.69, 9.17) is 4.74 Å². The van der Waals surface area contributed by atoms with Gasteiger partial charge >= 0.3 is 0 Å². The van der Waals surface area contributed by atoms with Crippen LogP contribution in [0, 0.1) is 0 Å². The molecule has 4 rings (SSSR count). The van der Waals surface area contributed by atoms with Crippen LogP contribution in [0.15, 0.2) is 42.5 Å². The molecule has 0 saturated carbocycles. The van der Waals surface area contributed by atoms with Crippen LogP contribution in [0.3, 0.4) is 0 Å². The van der Waals surface area contributed by atoms with Gasteiger partial charge in [-0.25, -0.2) is 0 Å². The molecule has 2 heterocycles. The average Bonchev–Trinajstić information content (AvgIpc) is 2.89. The highest BCUT2D eigenvalue weighted by Crippen LogP contribution is 2.24. The molecule has 1 atom stereocenters. The summed E-state index contributed by atoms with van der Waals surface area (Å²) in [6.45, 7) is 8.17. The van der Waals surface area contributed by atoms with Crippen LogP contribution >= 0.6 is 0 Å². The predicted molar refractivity (Wildman–Crippen MR) is 113 cm³/mol. The second kappa shape index (κ2) is 9.08. The van der Waals surface area contributed by atoms with E-state index < -0.39 is 0 Å². The van der Waals surface area contributed by atoms with E-state index in [0.29, 0.717) is 6.61 Å². The third-order valence-electron chi connectivity index (χ3n) is 5.95. The van der Waals surface area contributed by atoms with Crippen molar-refractivity contribution in [1.29, 1.82) is 0 Å². The molecule has 2 aliphatic rings. The number of aliphatic hydroxyl groups excluding tert-OH is 1. The Hall–Kier alpha value is -1.88. The summed E-state index contributed by atoms with van der Waals surface area (Å²) in [5, 5.41) is 10.8. The molecule has 0 saturated heterocycles. The van der Waals surface area contributed by atoms with Crippen LogP contribution in [0.25, 0.3) is 0 Å². The van der Waals surface area contributed by atoms with Gasteiger partial charge in [-0.05, 0) is 67.1 Å². The highest BCUT2D eigenvalue weighted by Gasteiger charge is 2.21. The Bertz CT molecular complexity index is 792. The van der Waals surface area contributed by atoms with Crippen molar-refractivity contribution in [2.45, 2.75) is 45.4 Å². The zero-order valence-electron chi connectivity index (χ0n) is 16.9. The lowest BCUT2D eigenvalue weighted by atomic mass is 10.00. The van der Waals surface area contributed by atoms with E-state index in [-0.39, 0.29) is 6.10 Å². The maximum atomic E-state index is 10.8. The molecule has 0 aromatic heterocycles. The zero-order chi connectivity index (χ0) is 19.3. The number of rotatable bonds is 6. The van der Waals surface area contributed by atoms with Gasteiger partial charge in [-0.2, -0.15) is 0 Å². The van der Waals surface area contributed by atoms with Gasteiger partial charge in [-0.1, -0.05) is 30.3 Å². The number of fused-ring (bicyclic) bond motifs is 2. The number of aliphatic hydroxyl groups is 1. The lowest BCUT2D eigenvalue weighted by Gasteiger charge is -2.32. The number of ether oxygens (including phenoxy) is 1. The number of aryl methyl sites for hydroxylation is 1. The Kier molecular flexibility index (Phi) is 6.30. The van der Waals surface area contributed by atoms with Gasteiger partial charge in [0.1, 0.15) is 5.75 Å². The van der Waals surface area contributed by atoms with E-state index in [1.807, 2.05) is 6.92 Å². The third kappa shape index (κ3) is 4.75. The van der Waals surface area contributed by atoms with Crippen LogP contribution in [0.2, 0.25) is 0 Å². The molecule has 0 radical (unpaired) electrons. The second-order valence-corrected chi connectivity index (χ2v) is 8.11. The predicted octanol–water partition coefficient (Wildman–Crippen LogP) is 3.25. The SMILES string of the molecule is CCOc1ccc2c(c1)CCCN(CC(O)CN1CCc3ccccc3C1)C2. The van der Waals surface area contributed by atoms with Crippen molar-refractivity contribution in [2.24, 2.45) is 0 Å². The van der Waals surface area contributed by atoms with Crippen molar-refractivity contribution in [3.63, 3.8) is 0 Å². The topological polar surface area (TPSA) is 35.9 Å². The van der Waals surface area contributed by atoms with E-state index >= 15 is 0 Å². The van der Waals surface area contributed by atoms with E-state index in [0.717, 1.165) is 64.3 Å². The van der Waals surface area contributed by atoms with Crippen LogP contribution in [0.5, 0.6) is 5.75 Å². The molecule has 0 amide bonds. The number of hydrogen-bond donors (Lipinski definition) is 1. The van der Waals surface area contributed by atoms with Crippen LogP contribution < -0.4 is 4.74 Å². The summed E-state index contributed by atoms with van der Waals surface area (Å²) in [6.07, 6.45) is 3.00. The zero-order valence-corrected chi connectivity index (χ0v) is 16.9. The fourth-order valence-electron chi connectivity index (χ4n) is 4.58. The number of hydrogen-bond acceptors (Lipinski definition) is 4. The Morgan fingerprint density at radius 2 is 1.61 bits per heavy atom. The third-order valence-corrected chi connectivity index (χ3v) is 5.95. The summed E-state index contributed by atoms with van der Waals surface area (Å²) in [7, 11) is 0. The molecule has 0 spiro atoms. The number of nitrogens with zero attached hydrogens (tertiary/aromatic N) is 2. The van der Waals surface area contributed by atoms with E-state index in [1.165, 1.54) is 22.3 Å². The van der Waals surface area contributed by atoms with Crippen molar-refractivity contribution < 1.29 is 9.84 Å². The Balaban J connectivity index is 1.33. The summed E-state index contributed by atoms with van der Waals surface area (Å²) in [5.74, 6) is 0.972. The molecule has 1 unspecified atom stereocenters. The molecule has 0 fully saturated rings. The standard InChI is InChI=1S/C24H32N2O2/c1-2-28-24-10-9-22-16-25(12-5-8-20(22)14-24)17-23(27)18-26-13-11-19-6-3-4-7-21(19)15-26/h3-4,6-7,9-10,14,23,27H,2,5,8,11-13,15-18H2,1H3. The smallest absolute Gasteiger partial charge is 0.119 e. The van der Waals surface area contributed by atoms with Gasteiger partial charge in [0.05, 0.1) is 12.7 Å². The van der Waals surface area contributed by atoms with Gasteiger partial charge in [0.2, 0.25) is 0 Å². The molecule has 2 aromatic rings. The molecule has 150 valence electrons. The molecule has 0 bridgehead atoms. The largest absolute Gasteiger partial charge is 0.494 e. The maximum Gasteiger partial charge on any atom is 0.119 e.